The van der Waals surface area contributed by atoms with E-state index in [9.17, 15) is 0 Å². The van der Waals surface area contributed by atoms with Crippen LogP contribution in [0.25, 0.3) is 11.5 Å². The van der Waals surface area contributed by atoms with Crippen LogP contribution < -0.4 is 0 Å². The maximum absolute atomic E-state index is 9.10. The Balaban J connectivity index is 0. The molecule has 0 heterocycles. The van der Waals surface area contributed by atoms with Gasteiger partial charge in [-0.05, 0) is 5.92 Å². The van der Waals surface area contributed by atoms with Crippen LogP contribution in [0.4, 0.5) is 0 Å². The third kappa shape index (κ3) is 8.61. The van der Waals surface area contributed by atoms with Crippen molar-refractivity contribution >= 4 is 11.9 Å². The monoisotopic (exact) mass is 439 g/mol. The second kappa shape index (κ2) is 10.5. The minimum atomic E-state index is -1.82. The van der Waals surface area contributed by atoms with Crippen molar-refractivity contribution in [3.63, 3.8) is 0 Å². The summed E-state index contributed by atoms with van der Waals surface area (Å²) in [5.41, 5.74) is 15.1. The van der Waals surface area contributed by atoms with Gasteiger partial charge in [-0.3, -0.25) is 0 Å². The van der Waals surface area contributed by atoms with Crippen LogP contribution in [-0.4, -0.2) is 34.2 Å². The molecule has 0 amide bonds. The van der Waals surface area contributed by atoms with E-state index in [1.165, 1.54) is 19.3 Å². The molecule has 1 fully saturated rings. The molecule has 7 heteroatoms. The summed E-state index contributed by atoms with van der Waals surface area (Å²) in [5.74, 6) is -2.89. The molecule has 6 nitrogen and oxygen atoms in total. The molecule has 18 heavy (non-hydrogen) atoms. The van der Waals surface area contributed by atoms with Gasteiger partial charge < -0.3 is 21.7 Å². The maximum Gasteiger partial charge on any atom is 2.00 e. The number of rotatable bonds is 2. The van der Waals surface area contributed by atoms with Gasteiger partial charge in [0.2, 0.25) is 0 Å². The van der Waals surface area contributed by atoms with Crippen LogP contribution in [0.1, 0.15) is 39.0 Å². The molecule has 1 aliphatic carbocycles. The minimum Gasteiger partial charge on any atom is -0.676 e. The summed E-state index contributed by atoms with van der Waals surface area (Å²) in [4.78, 5) is 18.2. The first-order valence-corrected chi connectivity index (χ1v) is 5.76. The number of aliphatic carboxylic acids is 2. The van der Waals surface area contributed by atoms with Gasteiger partial charge in [-0.1, -0.05) is 39.0 Å². The number of carbonyl (C=O) groups is 2. The summed E-state index contributed by atoms with van der Waals surface area (Å²) < 4.78 is 0. The van der Waals surface area contributed by atoms with E-state index in [4.69, 9.17) is 31.3 Å². The summed E-state index contributed by atoms with van der Waals surface area (Å²) in [6, 6.07) is -0.191. The summed E-state index contributed by atoms with van der Waals surface area (Å²) in [6.07, 6.45) is 5.63. The van der Waals surface area contributed by atoms with Gasteiger partial charge in [0.05, 0.1) is 0 Å². The van der Waals surface area contributed by atoms with E-state index in [1.807, 2.05) is 0 Å². The fourth-order valence-electron chi connectivity index (χ4n) is 1.93. The van der Waals surface area contributed by atoms with Crippen LogP contribution in [0.2, 0.25) is 0 Å². The van der Waals surface area contributed by atoms with Gasteiger partial charge in [0, 0.05) is 0 Å². The maximum atomic E-state index is 9.10. The fourth-order valence-corrected chi connectivity index (χ4v) is 1.93. The number of hydrogen-bond donors (Lipinski definition) is 2. The predicted octanol–water partition coefficient (Wildman–Crippen LogP) is 2.58. The normalized spacial score (nSPS) is 26.3. The molecule has 3 atom stereocenters. The first-order valence-electron chi connectivity index (χ1n) is 5.76. The third-order valence-electron chi connectivity index (χ3n) is 2.84. The summed E-state index contributed by atoms with van der Waals surface area (Å²) in [6.45, 7) is 2.20. The third-order valence-corrected chi connectivity index (χ3v) is 2.84. The van der Waals surface area contributed by atoms with Gasteiger partial charge in [-0.15, -0.1) is 0 Å². The molecule has 0 saturated heterocycles. The average Bonchev–Trinajstić information content (AvgIpc) is 2.25. The number of carboxylic acids is 2. The van der Waals surface area contributed by atoms with Gasteiger partial charge in [-0.2, -0.15) is 12.1 Å². The van der Waals surface area contributed by atoms with E-state index in [1.54, 1.807) is 0 Å². The molecule has 1 aliphatic rings. The topological polar surface area (TPSA) is 122 Å². The second-order valence-corrected chi connectivity index (χ2v) is 4.29. The molecular weight excluding hydrogens is 419 g/mol. The summed E-state index contributed by atoms with van der Waals surface area (Å²) in [5, 5.41) is 14.8. The van der Waals surface area contributed by atoms with E-state index in [2.05, 4.69) is 6.92 Å². The van der Waals surface area contributed by atoms with Gasteiger partial charge in [0.15, 0.2) is 0 Å². The van der Waals surface area contributed by atoms with E-state index in [0.717, 1.165) is 18.8 Å². The molecule has 0 spiro atoms. The molecule has 0 aromatic heterocycles. The van der Waals surface area contributed by atoms with Crippen molar-refractivity contribution in [1.82, 2.24) is 0 Å². The van der Waals surface area contributed by atoms with Crippen LogP contribution in [0, 0.1) is 5.92 Å². The zero-order chi connectivity index (χ0) is 13.4. The Morgan fingerprint density at radius 3 is 1.94 bits per heavy atom. The fraction of sp³-hybridized carbons (Fsp3) is 0.818. The number of carboxylic acid groups (broad SMARTS) is 2. The molecule has 0 bridgehead atoms. The predicted molar refractivity (Wildman–Crippen MR) is 63.7 cm³/mol. The van der Waals surface area contributed by atoms with Crippen molar-refractivity contribution in [3.8, 4) is 0 Å². The average molecular weight is 439 g/mol. The van der Waals surface area contributed by atoms with Gasteiger partial charge in [0.25, 0.3) is 0 Å². The number of hydrogen-bond acceptors (Lipinski definition) is 2. The van der Waals surface area contributed by atoms with Crippen LogP contribution in [0.15, 0.2) is 0 Å². The SMILES string of the molecule is CCCC1CCC([NH-])C([NH-])C1.O=C(O)C(=O)O.[Pt+2]. The molecule has 0 aliphatic heterocycles. The second-order valence-electron chi connectivity index (χ2n) is 4.29. The minimum absolute atomic E-state index is 0. The molecule has 4 N–H and O–H groups in total. The van der Waals surface area contributed by atoms with Crippen molar-refractivity contribution in [2.45, 2.75) is 51.1 Å². The Morgan fingerprint density at radius 1 is 1.11 bits per heavy atom. The van der Waals surface area contributed by atoms with Crippen molar-refractivity contribution in [2.75, 3.05) is 0 Å². The Kier molecular flexibility index (Phi) is 11.6. The molecule has 0 radical (unpaired) electrons. The number of nitrogens with one attached hydrogen (secondary N) is 2. The van der Waals surface area contributed by atoms with Gasteiger partial charge in [0.1, 0.15) is 0 Å². The first kappa shape index (κ1) is 19.9. The van der Waals surface area contributed by atoms with Gasteiger partial charge in [-0.25, -0.2) is 9.59 Å². The largest absolute Gasteiger partial charge is 2.00 e. The molecule has 0 aromatic rings. The molecule has 108 valence electrons. The standard InChI is InChI=1S/C9H18N2.C2H2O4.Pt/c1-2-3-7-4-5-8(10)9(11)6-7;3-1(4)2(5)6;/h7-11H,2-6H2,1H3;(H,3,4)(H,5,6);/q-2;;+2. The van der Waals surface area contributed by atoms with E-state index in [0.29, 0.717) is 0 Å². The quantitative estimate of drug-likeness (QED) is 0.642. The summed E-state index contributed by atoms with van der Waals surface area (Å²) in [7, 11) is 0. The van der Waals surface area contributed by atoms with Crippen molar-refractivity contribution < 1.29 is 40.9 Å². The van der Waals surface area contributed by atoms with E-state index >= 15 is 0 Å². The zero-order valence-corrected chi connectivity index (χ0v) is 12.6. The van der Waals surface area contributed by atoms with Crippen molar-refractivity contribution in [2.24, 2.45) is 5.92 Å². The van der Waals surface area contributed by atoms with Crippen LogP contribution in [0.5, 0.6) is 0 Å². The van der Waals surface area contributed by atoms with Crippen molar-refractivity contribution in [1.29, 1.82) is 0 Å². The molecule has 1 rings (SSSR count). The summed E-state index contributed by atoms with van der Waals surface area (Å²) >= 11 is 0. The Morgan fingerprint density at radius 2 is 1.61 bits per heavy atom. The Hall–Kier alpha value is -0.452. The molecule has 3 unspecified atom stereocenters. The first-order chi connectivity index (χ1) is 7.88. The Labute approximate surface area is 121 Å². The van der Waals surface area contributed by atoms with E-state index < -0.39 is 11.9 Å². The smallest absolute Gasteiger partial charge is 0.676 e. The molecule has 1 saturated carbocycles. The molecular formula is C11H20N2O4Pt. The van der Waals surface area contributed by atoms with Crippen LogP contribution in [-0.2, 0) is 30.7 Å². The Bertz CT molecular complexity index is 251. The van der Waals surface area contributed by atoms with Crippen LogP contribution in [0.3, 0.4) is 0 Å². The van der Waals surface area contributed by atoms with Gasteiger partial charge >= 0.3 is 33.0 Å². The van der Waals surface area contributed by atoms with E-state index in [-0.39, 0.29) is 33.1 Å². The van der Waals surface area contributed by atoms with Crippen LogP contribution >= 0.6 is 0 Å². The van der Waals surface area contributed by atoms with Crippen molar-refractivity contribution in [3.05, 3.63) is 11.5 Å². The molecule has 0 aromatic carbocycles. The zero-order valence-electron chi connectivity index (χ0n) is 10.3.